The number of carbonyl (C=O) groups is 2. The second kappa shape index (κ2) is 13.1. The maximum absolute atomic E-state index is 12.3. The number of aromatic nitrogens is 3. The van der Waals surface area contributed by atoms with Crippen LogP contribution < -0.4 is 0 Å². The van der Waals surface area contributed by atoms with E-state index in [4.69, 9.17) is 4.74 Å². The Morgan fingerprint density at radius 3 is 2.02 bits per heavy atom. The summed E-state index contributed by atoms with van der Waals surface area (Å²) in [4.78, 5) is 26.4. The summed E-state index contributed by atoms with van der Waals surface area (Å²) in [5, 5.41) is 8.70. The molecule has 1 aromatic heterocycles. The first kappa shape index (κ1) is 28.5. The molecule has 0 bridgehead atoms. The molecule has 1 aliphatic rings. The molecule has 2 heterocycles. The van der Waals surface area contributed by atoms with Gasteiger partial charge in [0.25, 0.3) is 0 Å². The Morgan fingerprint density at radius 2 is 1.51 bits per heavy atom. The lowest BCUT2D eigenvalue weighted by Crippen LogP contribution is -2.52. The summed E-state index contributed by atoms with van der Waals surface area (Å²) in [7, 11) is 1.38. The van der Waals surface area contributed by atoms with E-state index in [1.807, 2.05) is 6.20 Å². The fraction of sp³-hybridized carbons (Fsp3) is 0.273. The van der Waals surface area contributed by atoms with Gasteiger partial charge in [-0.2, -0.15) is 0 Å². The van der Waals surface area contributed by atoms with Crippen LogP contribution in [0, 0.1) is 0 Å². The van der Waals surface area contributed by atoms with Crippen molar-refractivity contribution in [2.24, 2.45) is 0 Å². The molecule has 3 aromatic carbocycles. The molecule has 4 aromatic rings. The van der Waals surface area contributed by atoms with Gasteiger partial charge < -0.3 is 4.74 Å². The van der Waals surface area contributed by atoms with Crippen molar-refractivity contribution in [2.75, 3.05) is 20.2 Å². The molecule has 8 heteroatoms. The summed E-state index contributed by atoms with van der Waals surface area (Å²) < 4.78 is 6.40. The maximum atomic E-state index is 12.3. The van der Waals surface area contributed by atoms with Crippen LogP contribution in [-0.4, -0.2) is 56.4 Å². The summed E-state index contributed by atoms with van der Waals surface area (Å²) in [5.74, 6) is -0.291. The minimum absolute atomic E-state index is 0.0315. The number of aryl methyl sites for hydroxylation is 1. The smallest absolute Gasteiger partial charge is 0.307 e. The van der Waals surface area contributed by atoms with Gasteiger partial charge in [-0.25, -0.2) is 0 Å². The van der Waals surface area contributed by atoms with E-state index >= 15 is 0 Å². The van der Waals surface area contributed by atoms with Crippen LogP contribution in [0.5, 0.6) is 0 Å². The van der Waals surface area contributed by atoms with Gasteiger partial charge in [0.05, 0.1) is 31.8 Å². The molecule has 7 nitrogen and oxygen atoms in total. The van der Waals surface area contributed by atoms with Gasteiger partial charge in [0.15, 0.2) is 5.12 Å². The van der Waals surface area contributed by atoms with Crippen LogP contribution in [0.15, 0.2) is 103 Å². The van der Waals surface area contributed by atoms with Crippen LogP contribution in [0.1, 0.15) is 42.1 Å². The molecule has 210 valence electrons. The average molecular weight is 567 g/mol. The van der Waals surface area contributed by atoms with E-state index in [2.05, 4.69) is 112 Å². The Balaban J connectivity index is 1.59. The summed E-state index contributed by atoms with van der Waals surface area (Å²) in [6.07, 6.45) is 4.92. The van der Waals surface area contributed by atoms with Crippen molar-refractivity contribution in [3.63, 3.8) is 0 Å². The highest BCUT2D eigenvalue weighted by Crippen LogP contribution is 2.45. The third-order valence-electron chi connectivity index (χ3n) is 7.47. The van der Waals surface area contributed by atoms with Crippen molar-refractivity contribution >= 4 is 28.9 Å². The highest BCUT2D eigenvalue weighted by Gasteiger charge is 2.44. The molecule has 1 atom stereocenters. The number of rotatable bonds is 9. The van der Waals surface area contributed by atoms with Crippen molar-refractivity contribution in [3.8, 4) is 0 Å². The van der Waals surface area contributed by atoms with Gasteiger partial charge in [0, 0.05) is 25.3 Å². The normalized spacial score (nSPS) is 16.9. The number of nitrogens with zero attached hydrogens (tertiary/aromatic N) is 4. The molecule has 0 spiro atoms. The molecule has 0 saturated carbocycles. The zero-order valence-electron chi connectivity index (χ0n) is 23.3. The first-order valence-electron chi connectivity index (χ1n) is 13.8. The number of esters is 1. The minimum atomic E-state index is -0.549. The molecule has 1 aliphatic heterocycles. The summed E-state index contributed by atoms with van der Waals surface area (Å²) in [6.45, 7) is 3.45. The number of hydrogen-bond acceptors (Lipinski definition) is 7. The van der Waals surface area contributed by atoms with Gasteiger partial charge in [-0.1, -0.05) is 108 Å². The number of thioether (sulfide) groups is 1. The second-order valence-electron chi connectivity index (χ2n) is 10.1. The van der Waals surface area contributed by atoms with Crippen molar-refractivity contribution in [1.29, 1.82) is 0 Å². The van der Waals surface area contributed by atoms with Gasteiger partial charge in [0.1, 0.15) is 5.69 Å². The van der Waals surface area contributed by atoms with Crippen molar-refractivity contribution in [2.45, 2.75) is 37.1 Å². The topological polar surface area (TPSA) is 77.3 Å². The minimum Gasteiger partial charge on any atom is -0.469 e. The Bertz CT molecular complexity index is 1390. The van der Waals surface area contributed by atoms with Gasteiger partial charge in [-0.3, -0.25) is 19.2 Å². The zero-order chi connectivity index (χ0) is 28.7. The van der Waals surface area contributed by atoms with Gasteiger partial charge in [0.2, 0.25) is 0 Å². The van der Waals surface area contributed by atoms with Crippen molar-refractivity contribution in [3.05, 3.63) is 125 Å². The van der Waals surface area contributed by atoms with Crippen LogP contribution in [0.3, 0.4) is 0 Å². The lowest BCUT2D eigenvalue weighted by atomic mass is 9.74. The predicted molar refractivity (Wildman–Crippen MR) is 162 cm³/mol. The largest absolute Gasteiger partial charge is 0.469 e. The van der Waals surface area contributed by atoms with E-state index in [0.29, 0.717) is 18.8 Å². The van der Waals surface area contributed by atoms with Crippen molar-refractivity contribution < 1.29 is 14.3 Å². The Labute approximate surface area is 245 Å². The third kappa shape index (κ3) is 6.34. The predicted octanol–water partition coefficient (Wildman–Crippen LogP) is 5.57. The molecule has 0 radical (unpaired) electrons. The molecule has 1 saturated heterocycles. The lowest BCUT2D eigenvalue weighted by Gasteiger charge is -2.49. The highest BCUT2D eigenvalue weighted by atomic mass is 32.2. The molecule has 1 unspecified atom stereocenters. The van der Waals surface area contributed by atoms with Crippen LogP contribution >= 0.6 is 11.8 Å². The van der Waals surface area contributed by atoms with Crippen LogP contribution in [0.2, 0.25) is 0 Å². The van der Waals surface area contributed by atoms with Gasteiger partial charge in [-0.05, 0) is 34.8 Å². The van der Waals surface area contributed by atoms with Crippen molar-refractivity contribution in [1.82, 2.24) is 19.9 Å². The molecular formula is C33H34N4O3S. The SMILES string of the molecule is COC(=O)CCn1cc(C=C2CN(C(c3ccccc3)(c3ccccc3)c3ccccc3)CCC2SC(C)=O)nn1. The fourth-order valence-electron chi connectivity index (χ4n) is 5.69. The first-order valence-corrected chi connectivity index (χ1v) is 14.6. The Hall–Kier alpha value is -4.01. The zero-order valence-corrected chi connectivity index (χ0v) is 24.2. The second-order valence-corrected chi connectivity index (χ2v) is 11.4. The number of piperidine rings is 1. The highest BCUT2D eigenvalue weighted by molar-refractivity contribution is 8.14. The van der Waals surface area contributed by atoms with Crippen LogP contribution in [0.4, 0.5) is 0 Å². The fourth-order valence-corrected chi connectivity index (χ4v) is 6.61. The van der Waals surface area contributed by atoms with E-state index in [9.17, 15) is 9.59 Å². The van der Waals surface area contributed by atoms with E-state index in [0.717, 1.165) is 18.5 Å². The first-order chi connectivity index (χ1) is 20.0. The number of carbonyl (C=O) groups excluding carboxylic acids is 2. The number of benzene rings is 3. The third-order valence-corrected chi connectivity index (χ3v) is 8.62. The monoisotopic (exact) mass is 566 g/mol. The maximum Gasteiger partial charge on any atom is 0.307 e. The molecule has 0 amide bonds. The summed E-state index contributed by atoms with van der Waals surface area (Å²) in [5.41, 5.74) is 4.82. The summed E-state index contributed by atoms with van der Waals surface area (Å²) in [6, 6.07) is 31.9. The average Bonchev–Trinajstić information content (AvgIpc) is 3.46. The lowest BCUT2D eigenvalue weighted by molar-refractivity contribution is -0.140. The van der Waals surface area contributed by atoms with Gasteiger partial charge in [-0.15, -0.1) is 5.10 Å². The van der Waals surface area contributed by atoms with Crippen LogP contribution in [0.25, 0.3) is 6.08 Å². The van der Waals surface area contributed by atoms with E-state index in [1.54, 1.807) is 11.6 Å². The number of methoxy groups -OCH3 is 1. The molecule has 0 N–H and O–H groups in total. The van der Waals surface area contributed by atoms with Gasteiger partial charge >= 0.3 is 5.97 Å². The summed E-state index contributed by atoms with van der Waals surface area (Å²) >= 11 is 1.38. The Morgan fingerprint density at radius 1 is 0.951 bits per heavy atom. The quantitative estimate of drug-likeness (QED) is 0.194. The molecule has 5 rings (SSSR count). The molecule has 41 heavy (non-hydrogen) atoms. The molecule has 0 aliphatic carbocycles. The molecular weight excluding hydrogens is 532 g/mol. The van der Waals surface area contributed by atoms with E-state index in [-0.39, 0.29) is 22.8 Å². The number of likely N-dealkylation sites (tertiary alicyclic amines) is 1. The Kier molecular flexibility index (Phi) is 9.11. The number of hydrogen-bond donors (Lipinski definition) is 0. The molecule has 1 fully saturated rings. The van der Waals surface area contributed by atoms with Crippen LogP contribution in [-0.2, 0) is 26.4 Å². The number of ether oxygens (including phenoxy) is 1. The van der Waals surface area contributed by atoms with E-state index < -0.39 is 5.54 Å². The van der Waals surface area contributed by atoms with E-state index in [1.165, 1.54) is 35.6 Å². The standard InChI is InChI=1S/C33H34N4O3S/c1-25(38)41-31-18-20-36(23-26(31)22-30-24-37(35-34-30)21-19-32(39)40-2)33(27-12-6-3-7-13-27,28-14-8-4-9-15-28)29-16-10-5-11-17-29/h3-17,22,24,31H,18-21,23H2,1-2H3.